The van der Waals surface area contributed by atoms with Gasteiger partial charge in [-0.25, -0.2) is 0 Å². The summed E-state index contributed by atoms with van der Waals surface area (Å²) in [5, 5.41) is 7.20. The van der Waals surface area contributed by atoms with E-state index in [-0.39, 0.29) is 74.6 Å². The summed E-state index contributed by atoms with van der Waals surface area (Å²) in [4.78, 5) is 65.0. The molecule has 0 saturated carbocycles. The Bertz CT molecular complexity index is 861. The van der Waals surface area contributed by atoms with Gasteiger partial charge in [0.25, 0.3) is 5.91 Å². The van der Waals surface area contributed by atoms with Gasteiger partial charge in [-0.1, -0.05) is 7.43 Å². The fraction of sp³-hybridized carbons (Fsp3) is 0.565. The predicted octanol–water partition coefficient (Wildman–Crippen LogP) is -1.41. The lowest BCUT2D eigenvalue weighted by molar-refractivity contribution is -0.125. The largest absolute Gasteiger partial charge is 0.348 e. The number of nitrogens with one attached hydrogen (secondary N) is 3. The van der Waals surface area contributed by atoms with E-state index in [0.717, 1.165) is 5.75 Å². The molecule has 9 N–H and O–H groups in total. The van der Waals surface area contributed by atoms with E-state index in [2.05, 4.69) is 21.9 Å². The summed E-state index contributed by atoms with van der Waals surface area (Å²) in [7, 11) is 0. The third-order valence-corrected chi connectivity index (χ3v) is 5.24. The van der Waals surface area contributed by atoms with Gasteiger partial charge < -0.3 is 33.2 Å². The summed E-state index contributed by atoms with van der Waals surface area (Å²) < 4.78 is 0. The van der Waals surface area contributed by atoms with Gasteiger partial charge in [-0.05, 0) is 26.8 Å². The fourth-order valence-electron chi connectivity index (χ4n) is 1.88. The molecule has 3 amide bonds. The Hall–Kier alpha value is -2.76. The maximum absolute atomic E-state index is 11.3. The second kappa shape index (κ2) is 22.4. The molecule has 0 bridgehead atoms. The zero-order valence-electron chi connectivity index (χ0n) is 20.6. The molecular formula is C23H39ClN6O6S. The van der Waals surface area contributed by atoms with E-state index in [1.165, 1.54) is 32.5 Å². The molecule has 0 aromatic carbocycles. The molecule has 0 aliphatic carbocycles. The number of terminal acetylenes is 1. The minimum atomic E-state index is -0.726. The summed E-state index contributed by atoms with van der Waals surface area (Å²) in [6, 6.07) is -1.48. The van der Waals surface area contributed by atoms with E-state index in [1.54, 1.807) is 6.08 Å². The van der Waals surface area contributed by atoms with Crippen LogP contribution in [0.4, 0.5) is 0 Å². The van der Waals surface area contributed by atoms with Crippen molar-refractivity contribution in [2.75, 3.05) is 31.3 Å². The first kappa shape index (κ1) is 38.8. The van der Waals surface area contributed by atoms with E-state index in [0.29, 0.717) is 4.91 Å². The van der Waals surface area contributed by atoms with Crippen LogP contribution in [-0.2, 0) is 28.8 Å². The Morgan fingerprint density at radius 2 is 1.41 bits per heavy atom. The first-order valence-electron chi connectivity index (χ1n) is 10.7. The first-order valence-corrected chi connectivity index (χ1v) is 12.2. The maximum Gasteiger partial charge on any atom is 0.257 e. The van der Waals surface area contributed by atoms with Crippen LogP contribution < -0.4 is 33.2 Å². The second-order valence-corrected chi connectivity index (χ2v) is 8.88. The number of thioether (sulfide) groups is 1. The standard InChI is InChI=1S/C8H12N2O2S.C8H12N2O2.C6H11ClN2O2.CH4/c1-5(11)3-10-8(12)7-2-6(9)4-13-7;1-3-4-7(9)8(12)10-5-6(2)11;1-4(10)3-9-6(11)5(8)2-7;/h2,6H,3-4,9H2,1H3,(H,10,12);1,7H,4-5,9H2,2H3,(H,10,12);5H,2-3,8H2,1H3,(H,9,11);1H4/t;;5-;/m..0./s1. The lowest BCUT2D eigenvalue weighted by Gasteiger charge is -2.07. The highest BCUT2D eigenvalue weighted by molar-refractivity contribution is 8.04. The van der Waals surface area contributed by atoms with Gasteiger partial charge in [-0.2, -0.15) is 0 Å². The molecule has 0 aromatic heterocycles. The van der Waals surface area contributed by atoms with Crippen LogP contribution >= 0.6 is 23.4 Å². The van der Waals surface area contributed by atoms with Crippen LogP contribution in [0.15, 0.2) is 11.0 Å². The number of amides is 3. The molecule has 1 rings (SSSR count). The molecule has 0 aromatic rings. The van der Waals surface area contributed by atoms with E-state index < -0.39 is 18.0 Å². The highest BCUT2D eigenvalue weighted by Crippen LogP contribution is 2.23. The minimum absolute atomic E-state index is 0. The summed E-state index contributed by atoms with van der Waals surface area (Å²) in [6.07, 6.45) is 6.85. The molecule has 1 heterocycles. The van der Waals surface area contributed by atoms with E-state index in [9.17, 15) is 28.8 Å². The number of rotatable bonds is 11. The van der Waals surface area contributed by atoms with Crippen molar-refractivity contribution in [2.45, 2.75) is 52.7 Å². The minimum Gasteiger partial charge on any atom is -0.348 e. The lowest BCUT2D eigenvalue weighted by Crippen LogP contribution is -2.43. The Labute approximate surface area is 227 Å². The van der Waals surface area contributed by atoms with Crippen molar-refractivity contribution >= 4 is 58.4 Å². The number of carbonyl (C=O) groups is 6. The monoisotopic (exact) mass is 562 g/mol. The molecule has 210 valence electrons. The highest BCUT2D eigenvalue weighted by Gasteiger charge is 2.18. The molecule has 0 fully saturated rings. The summed E-state index contributed by atoms with van der Waals surface area (Å²) in [6.45, 7) is 4.31. The van der Waals surface area contributed by atoms with Crippen molar-refractivity contribution in [3.05, 3.63) is 11.0 Å². The quantitative estimate of drug-likeness (QED) is 0.127. The zero-order chi connectivity index (χ0) is 28.3. The van der Waals surface area contributed by atoms with Crippen molar-refractivity contribution in [3.8, 4) is 12.3 Å². The molecule has 37 heavy (non-hydrogen) atoms. The van der Waals surface area contributed by atoms with Gasteiger partial charge in [-0.3, -0.25) is 28.8 Å². The molecule has 2 unspecified atom stereocenters. The lowest BCUT2D eigenvalue weighted by atomic mass is 10.2. The van der Waals surface area contributed by atoms with Crippen molar-refractivity contribution < 1.29 is 28.8 Å². The molecule has 1 aliphatic heterocycles. The number of hydrogen-bond donors (Lipinski definition) is 6. The van der Waals surface area contributed by atoms with E-state index in [1.807, 2.05) is 0 Å². The van der Waals surface area contributed by atoms with Crippen molar-refractivity contribution in [3.63, 3.8) is 0 Å². The second-order valence-electron chi connectivity index (χ2n) is 7.51. The SMILES string of the molecule is C.C#CCC(N)C(=O)NCC(C)=O.CC(=O)CNC(=O)C1=CC(N)CS1.CC(=O)CNC(=O)[C@@H](N)CCl. The number of ketones is 3. The van der Waals surface area contributed by atoms with Crippen LogP contribution in [0.1, 0.15) is 34.6 Å². The third kappa shape index (κ3) is 22.2. The average molecular weight is 563 g/mol. The van der Waals surface area contributed by atoms with Gasteiger partial charge in [0.1, 0.15) is 17.3 Å². The Kier molecular flexibility index (Phi) is 23.5. The number of nitrogens with two attached hydrogens (primary N) is 3. The van der Waals surface area contributed by atoms with Crippen molar-refractivity contribution in [1.82, 2.24) is 16.0 Å². The Balaban J connectivity index is -0.000000465. The molecule has 0 radical (unpaired) electrons. The number of halogens is 1. The predicted molar refractivity (Wildman–Crippen MR) is 146 cm³/mol. The molecule has 0 saturated heterocycles. The van der Waals surface area contributed by atoms with Crippen LogP contribution in [-0.4, -0.2) is 84.5 Å². The fourth-order valence-corrected chi connectivity index (χ4v) is 2.97. The van der Waals surface area contributed by atoms with Gasteiger partial charge in [-0.15, -0.1) is 35.7 Å². The average Bonchev–Trinajstić information content (AvgIpc) is 3.26. The molecular weight excluding hydrogens is 524 g/mol. The number of alkyl halides is 1. The van der Waals surface area contributed by atoms with Crippen LogP contribution in [0.5, 0.6) is 0 Å². The van der Waals surface area contributed by atoms with Crippen LogP contribution in [0.2, 0.25) is 0 Å². The normalized spacial score (nSPS) is 14.8. The van der Waals surface area contributed by atoms with Crippen molar-refractivity contribution in [2.24, 2.45) is 17.2 Å². The third-order valence-electron chi connectivity index (χ3n) is 3.72. The maximum atomic E-state index is 11.3. The van der Waals surface area contributed by atoms with Gasteiger partial charge in [0.05, 0.1) is 36.6 Å². The van der Waals surface area contributed by atoms with Crippen molar-refractivity contribution in [1.29, 1.82) is 0 Å². The molecule has 14 heteroatoms. The Morgan fingerprint density at radius 1 is 0.973 bits per heavy atom. The molecule has 12 nitrogen and oxygen atoms in total. The zero-order valence-corrected chi connectivity index (χ0v) is 22.2. The van der Waals surface area contributed by atoms with Crippen LogP contribution in [0.3, 0.4) is 0 Å². The number of hydrogen-bond acceptors (Lipinski definition) is 10. The van der Waals surface area contributed by atoms with Gasteiger partial charge in [0.15, 0.2) is 0 Å². The Morgan fingerprint density at radius 3 is 1.76 bits per heavy atom. The molecule has 1 aliphatic rings. The molecule has 3 atom stereocenters. The van der Waals surface area contributed by atoms with E-state index in [4.69, 9.17) is 35.2 Å². The van der Waals surface area contributed by atoms with Gasteiger partial charge in [0.2, 0.25) is 11.8 Å². The molecule has 0 spiro atoms. The van der Waals surface area contributed by atoms with Gasteiger partial charge >= 0.3 is 0 Å². The van der Waals surface area contributed by atoms with E-state index >= 15 is 0 Å². The first-order chi connectivity index (χ1) is 16.7. The van der Waals surface area contributed by atoms with Crippen LogP contribution in [0.25, 0.3) is 0 Å². The highest BCUT2D eigenvalue weighted by atomic mass is 35.5. The van der Waals surface area contributed by atoms with Gasteiger partial charge in [0, 0.05) is 24.1 Å². The summed E-state index contributed by atoms with van der Waals surface area (Å²) in [5.74, 6) is 1.80. The van der Waals surface area contributed by atoms with Crippen LogP contribution in [0, 0.1) is 12.3 Å². The smallest absolute Gasteiger partial charge is 0.257 e. The topological polar surface area (TPSA) is 217 Å². The number of carbonyl (C=O) groups excluding carboxylic acids is 6. The summed E-state index contributed by atoms with van der Waals surface area (Å²) in [5.41, 5.74) is 16.2. The number of Topliss-reactive ketones (excluding diaryl/α,β-unsaturated/α-hetero) is 3. The summed E-state index contributed by atoms with van der Waals surface area (Å²) >= 11 is 6.71.